The van der Waals surface area contributed by atoms with E-state index >= 15 is 0 Å². The highest BCUT2D eigenvalue weighted by atomic mass is 32.1. The molecule has 1 heterocycles. The normalized spacial score (nSPS) is 26.2. The summed E-state index contributed by atoms with van der Waals surface area (Å²) in [6.07, 6.45) is 4.27. The van der Waals surface area contributed by atoms with Gasteiger partial charge in [-0.2, -0.15) is 4.37 Å². The molecular formula is C15H23N5O2S. The van der Waals surface area contributed by atoms with E-state index in [0.717, 1.165) is 30.8 Å². The Morgan fingerprint density at radius 1 is 1.43 bits per heavy atom. The van der Waals surface area contributed by atoms with Gasteiger partial charge in [-0.25, -0.2) is 19.6 Å². The van der Waals surface area contributed by atoms with Gasteiger partial charge in [0, 0.05) is 18.1 Å². The number of urea groups is 1. The van der Waals surface area contributed by atoms with Gasteiger partial charge in [-0.1, -0.05) is 20.8 Å². The minimum Gasteiger partial charge on any atom is -0.337 e. The van der Waals surface area contributed by atoms with Crippen molar-refractivity contribution in [1.29, 1.82) is 0 Å². The van der Waals surface area contributed by atoms with Crippen LogP contribution in [0.1, 0.15) is 45.9 Å². The number of anilines is 1. The largest absolute Gasteiger partial charge is 0.337 e. The number of isocyanates is 1. The van der Waals surface area contributed by atoms with Crippen molar-refractivity contribution in [3.63, 3.8) is 0 Å². The van der Waals surface area contributed by atoms with Gasteiger partial charge in [-0.3, -0.25) is 5.32 Å². The van der Waals surface area contributed by atoms with Gasteiger partial charge in [0.1, 0.15) is 5.82 Å². The first-order valence-electron chi connectivity index (χ1n) is 7.64. The third-order valence-corrected chi connectivity index (χ3v) is 4.80. The van der Waals surface area contributed by atoms with Crippen LogP contribution in [-0.4, -0.2) is 34.1 Å². The fourth-order valence-corrected chi connectivity index (χ4v) is 4.23. The number of amides is 2. The third-order valence-electron chi connectivity index (χ3n) is 4.08. The first-order valence-corrected chi connectivity index (χ1v) is 8.41. The molecule has 1 aromatic heterocycles. The Bertz CT molecular complexity index is 623. The Morgan fingerprint density at radius 2 is 2.17 bits per heavy atom. The molecule has 7 nitrogen and oxygen atoms in total. The van der Waals surface area contributed by atoms with E-state index in [4.69, 9.17) is 0 Å². The Kier molecular flexibility index (Phi) is 5.16. The third kappa shape index (κ3) is 5.11. The summed E-state index contributed by atoms with van der Waals surface area (Å²) in [5.74, 6) is 0.640. The van der Waals surface area contributed by atoms with Gasteiger partial charge in [0.25, 0.3) is 0 Å². The van der Waals surface area contributed by atoms with Crippen LogP contribution in [0.25, 0.3) is 0 Å². The molecule has 2 amide bonds. The van der Waals surface area contributed by atoms with Crippen LogP contribution in [-0.2, 0) is 4.79 Å². The van der Waals surface area contributed by atoms with Crippen LogP contribution >= 0.6 is 11.5 Å². The van der Waals surface area contributed by atoms with Crippen LogP contribution in [0.3, 0.4) is 0 Å². The first kappa shape index (κ1) is 17.6. The van der Waals surface area contributed by atoms with Gasteiger partial charge in [-0.05, 0) is 37.0 Å². The van der Waals surface area contributed by atoms with Crippen molar-refractivity contribution in [2.45, 2.75) is 53.0 Å². The quantitative estimate of drug-likeness (QED) is 0.652. The van der Waals surface area contributed by atoms with Crippen molar-refractivity contribution in [1.82, 2.24) is 14.7 Å². The Hall–Kier alpha value is -1.79. The lowest BCUT2D eigenvalue weighted by Crippen LogP contribution is -2.45. The van der Waals surface area contributed by atoms with Crippen molar-refractivity contribution >= 4 is 28.8 Å². The zero-order valence-electron chi connectivity index (χ0n) is 14.0. The standard InChI is InChI=1S/C15H23N5O2S/c1-10-18-13(23-20-10)19-12(22)16-8-15(4)6-11(17-9-21)5-14(2,3)7-15/h11H,5-8H2,1-4H3,(H2,16,18,19,20,22). The van der Waals surface area contributed by atoms with Gasteiger partial charge in [0.15, 0.2) is 0 Å². The minimum atomic E-state index is -0.291. The van der Waals surface area contributed by atoms with Gasteiger partial charge < -0.3 is 5.32 Å². The topological polar surface area (TPSA) is 96.3 Å². The second kappa shape index (κ2) is 6.76. The summed E-state index contributed by atoms with van der Waals surface area (Å²) in [5, 5.41) is 6.07. The number of aromatic nitrogens is 2. The molecule has 0 spiro atoms. The summed E-state index contributed by atoms with van der Waals surface area (Å²) in [5.41, 5.74) is -0.0341. The monoisotopic (exact) mass is 337 g/mol. The molecule has 126 valence electrons. The number of hydrogen-bond acceptors (Lipinski definition) is 6. The van der Waals surface area contributed by atoms with E-state index in [0.29, 0.717) is 17.5 Å². The van der Waals surface area contributed by atoms with Crippen LogP contribution in [0.5, 0.6) is 0 Å². The Balaban J connectivity index is 1.94. The zero-order chi connectivity index (χ0) is 17.1. The van der Waals surface area contributed by atoms with Crippen LogP contribution in [0, 0.1) is 17.8 Å². The van der Waals surface area contributed by atoms with Gasteiger partial charge in [0.2, 0.25) is 11.2 Å². The summed E-state index contributed by atoms with van der Waals surface area (Å²) in [4.78, 5) is 30.6. The second-order valence-corrected chi connectivity index (χ2v) is 8.14. The highest BCUT2D eigenvalue weighted by molar-refractivity contribution is 7.09. The number of nitrogens with one attached hydrogen (secondary N) is 2. The summed E-state index contributed by atoms with van der Waals surface area (Å²) < 4.78 is 4.02. The second-order valence-electron chi connectivity index (χ2n) is 7.39. The van der Waals surface area contributed by atoms with Crippen molar-refractivity contribution in [2.24, 2.45) is 15.8 Å². The average Bonchev–Trinajstić information content (AvgIpc) is 2.80. The lowest BCUT2D eigenvalue weighted by atomic mass is 9.63. The predicted molar refractivity (Wildman–Crippen MR) is 89.3 cm³/mol. The minimum absolute atomic E-state index is 0.0306. The molecule has 2 atom stereocenters. The maximum absolute atomic E-state index is 12.0. The maximum atomic E-state index is 12.0. The van der Waals surface area contributed by atoms with Crippen LogP contribution in [0.4, 0.5) is 9.93 Å². The molecule has 0 saturated heterocycles. The Labute approximate surface area is 140 Å². The smallest absolute Gasteiger partial charge is 0.321 e. The molecule has 2 unspecified atom stereocenters. The lowest BCUT2D eigenvalue weighted by Gasteiger charge is -2.45. The molecule has 8 heteroatoms. The van der Waals surface area contributed by atoms with E-state index in [1.807, 2.05) is 0 Å². The molecule has 1 saturated carbocycles. The molecule has 1 aliphatic rings. The van der Waals surface area contributed by atoms with Gasteiger partial charge in [-0.15, -0.1) is 0 Å². The number of rotatable bonds is 4. The van der Waals surface area contributed by atoms with Crippen molar-refractivity contribution in [3.8, 4) is 0 Å². The van der Waals surface area contributed by atoms with E-state index in [1.54, 1.807) is 13.0 Å². The van der Waals surface area contributed by atoms with E-state index in [1.165, 1.54) is 0 Å². The predicted octanol–water partition coefficient (Wildman–Crippen LogP) is 2.89. The Morgan fingerprint density at radius 3 is 2.78 bits per heavy atom. The number of carbonyl (C=O) groups is 1. The molecule has 23 heavy (non-hydrogen) atoms. The average molecular weight is 337 g/mol. The highest BCUT2D eigenvalue weighted by Crippen LogP contribution is 2.46. The van der Waals surface area contributed by atoms with Crippen molar-refractivity contribution < 1.29 is 9.59 Å². The molecular weight excluding hydrogens is 314 g/mol. The molecule has 1 aliphatic carbocycles. The van der Waals surface area contributed by atoms with Crippen molar-refractivity contribution in [2.75, 3.05) is 11.9 Å². The summed E-state index contributed by atoms with van der Waals surface area (Å²) in [6.45, 7) is 8.75. The van der Waals surface area contributed by atoms with Gasteiger partial charge >= 0.3 is 6.03 Å². The molecule has 0 bridgehead atoms. The molecule has 1 fully saturated rings. The fourth-order valence-electron chi connectivity index (χ4n) is 3.66. The van der Waals surface area contributed by atoms with E-state index in [-0.39, 0.29) is 22.9 Å². The zero-order valence-corrected chi connectivity index (χ0v) is 14.8. The summed E-state index contributed by atoms with van der Waals surface area (Å²) in [6, 6.07) is -0.321. The fraction of sp³-hybridized carbons (Fsp3) is 0.733. The molecule has 2 rings (SSSR count). The van der Waals surface area contributed by atoms with Crippen LogP contribution in [0.2, 0.25) is 0 Å². The summed E-state index contributed by atoms with van der Waals surface area (Å²) in [7, 11) is 0. The molecule has 0 radical (unpaired) electrons. The number of nitrogens with zero attached hydrogens (tertiary/aromatic N) is 3. The first-order chi connectivity index (χ1) is 10.7. The van der Waals surface area contributed by atoms with Crippen LogP contribution in [0.15, 0.2) is 4.99 Å². The van der Waals surface area contributed by atoms with Gasteiger partial charge in [0.05, 0.1) is 6.04 Å². The van der Waals surface area contributed by atoms with E-state index in [9.17, 15) is 9.59 Å². The van der Waals surface area contributed by atoms with E-state index in [2.05, 4.69) is 45.8 Å². The molecule has 2 N–H and O–H groups in total. The van der Waals surface area contributed by atoms with Crippen LogP contribution < -0.4 is 10.6 Å². The summed E-state index contributed by atoms with van der Waals surface area (Å²) >= 11 is 1.15. The number of aryl methyl sites for hydroxylation is 1. The van der Waals surface area contributed by atoms with Crippen molar-refractivity contribution in [3.05, 3.63) is 5.82 Å². The molecule has 0 aliphatic heterocycles. The molecule has 0 aromatic carbocycles. The highest BCUT2D eigenvalue weighted by Gasteiger charge is 2.41. The number of aliphatic imine (C=N–C) groups is 1. The number of hydrogen-bond donors (Lipinski definition) is 2. The lowest BCUT2D eigenvalue weighted by molar-refractivity contribution is 0.0855. The number of carbonyl (C=O) groups excluding carboxylic acids is 2. The molecule has 1 aromatic rings. The maximum Gasteiger partial charge on any atom is 0.321 e. The van der Waals surface area contributed by atoms with E-state index < -0.39 is 0 Å². The SMILES string of the molecule is Cc1nsc(NC(=O)NCC2(C)CC(N=C=O)CC(C)(C)C2)n1.